The Bertz CT molecular complexity index is 1770. The minimum absolute atomic E-state index is 0.0354. The zero-order valence-electron chi connectivity index (χ0n) is 28.7. The normalized spacial score (nSPS) is 16.9. The van der Waals surface area contributed by atoms with Crippen LogP contribution >= 0.6 is 0 Å². The maximum absolute atomic E-state index is 14.0. The van der Waals surface area contributed by atoms with Crippen LogP contribution in [0, 0.1) is 5.92 Å². The van der Waals surface area contributed by atoms with Gasteiger partial charge in [0.25, 0.3) is 0 Å². The molecule has 2 N–H and O–H groups in total. The van der Waals surface area contributed by atoms with E-state index in [9.17, 15) is 19.5 Å². The van der Waals surface area contributed by atoms with E-state index in [1.165, 1.54) is 5.56 Å². The lowest BCUT2D eigenvalue weighted by Crippen LogP contribution is -2.56. The maximum atomic E-state index is 14.0. The third kappa shape index (κ3) is 8.40. The summed E-state index contributed by atoms with van der Waals surface area (Å²) < 4.78 is 6.21. The van der Waals surface area contributed by atoms with Crippen LogP contribution in [0.15, 0.2) is 97.1 Å². The van der Waals surface area contributed by atoms with Crippen LogP contribution in [0.1, 0.15) is 75.1 Å². The van der Waals surface area contributed by atoms with E-state index in [1.807, 2.05) is 84.9 Å². The second kappa shape index (κ2) is 14.7. The number of aliphatic carboxylic acids is 1. The molecule has 4 aromatic carbocycles. The van der Waals surface area contributed by atoms with E-state index in [-0.39, 0.29) is 30.7 Å². The predicted molar refractivity (Wildman–Crippen MR) is 191 cm³/mol. The number of carboxylic acid groups (broad SMARTS) is 1. The molecule has 2 amide bonds. The summed E-state index contributed by atoms with van der Waals surface area (Å²) in [6.07, 6.45) is 5.10. The van der Waals surface area contributed by atoms with Crippen molar-refractivity contribution in [3.05, 3.63) is 119 Å². The monoisotopic (exact) mass is 658 g/mol. The molecule has 0 radical (unpaired) electrons. The average Bonchev–Trinajstić information content (AvgIpc) is 3.61. The second-order valence-electron chi connectivity index (χ2n) is 14.6. The Kier molecular flexibility index (Phi) is 10.2. The van der Waals surface area contributed by atoms with Crippen molar-refractivity contribution in [1.82, 2.24) is 10.2 Å². The van der Waals surface area contributed by atoms with Crippen LogP contribution in [0.3, 0.4) is 0 Å². The van der Waals surface area contributed by atoms with Crippen molar-refractivity contribution >= 4 is 17.8 Å². The van der Waals surface area contributed by atoms with Crippen LogP contribution in [0.4, 0.5) is 0 Å². The molecule has 2 aliphatic rings. The molecular weight excluding hydrogens is 612 g/mol. The number of benzene rings is 4. The van der Waals surface area contributed by atoms with E-state index in [0.29, 0.717) is 23.8 Å². The molecule has 0 saturated heterocycles. The van der Waals surface area contributed by atoms with Crippen molar-refractivity contribution in [3.8, 4) is 22.6 Å². The Labute approximate surface area is 289 Å². The Balaban J connectivity index is 1.20. The van der Waals surface area contributed by atoms with Crippen molar-refractivity contribution < 1.29 is 24.2 Å². The molecule has 7 nitrogen and oxygen atoms in total. The Morgan fingerprint density at radius 3 is 2.14 bits per heavy atom. The second-order valence-corrected chi connectivity index (χ2v) is 14.6. The number of amides is 2. The van der Waals surface area contributed by atoms with Gasteiger partial charge in [0.1, 0.15) is 23.6 Å². The summed E-state index contributed by atoms with van der Waals surface area (Å²) in [4.78, 5) is 41.8. The van der Waals surface area contributed by atoms with Crippen LogP contribution in [-0.4, -0.2) is 39.9 Å². The topological polar surface area (TPSA) is 95.9 Å². The first-order valence-electron chi connectivity index (χ1n) is 17.4. The van der Waals surface area contributed by atoms with Gasteiger partial charge in [-0.25, -0.2) is 4.79 Å². The summed E-state index contributed by atoms with van der Waals surface area (Å²) in [5.74, 6) is 0.0579. The molecule has 0 aromatic heterocycles. The van der Waals surface area contributed by atoms with E-state index in [0.717, 1.165) is 53.5 Å². The minimum atomic E-state index is -1.14. The third-order valence-corrected chi connectivity index (χ3v) is 9.94. The number of rotatable bonds is 10. The molecule has 1 aliphatic carbocycles. The number of carbonyl (C=O) groups is 3. The highest BCUT2D eigenvalue weighted by atomic mass is 16.5. The number of hydrogen-bond acceptors (Lipinski definition) is 4. The van der Waals surface area contributed by atoms with Crippen molar-refractivity contribution in [2.45, 2.75) is 89.8 Å². The Morgan fingerprint density at radius 1 is 0.837 bits per heavy atom. The average molecular weight is 659 g/mol. The summed E-state index contributed by atoms with van der Waals surface area (Å²) in [6, 6.07) is 29.6. The molecule has 0 spiro atoms. The Hall–Kier alpha value is -4.91. The number of nitrogens with zero attached hydrogens (tertiary/aromatic N) is 1. The molecule has 0 bridgehead atoms. The number of ether oxygens (including phenoxy) is 1. The summed E-state index contributed by atoms with van der Waals surface area (Å²) >= 11 is 0. The highest BCUT2D eigenvalue weighted by Gasteiger charge is 2.37. The lowest BCUT2D eigenvalue weighted by atomic mass is 9.87. The first-order valence-corrected chi connectivity index (χ1v) is 17.4. The lowest BCUT2D eigenvalue weighted by Gasteiger charge is -2.37. The van der Waals surface area contributed by atoms with Crippen molar-refractivity contribution in [3.63, 3.8) is 0 Å². The van der Waals surface area contributed by atoms with Gasteiger partial charge in [0.15, 0.2) is 0 Å². The van der Waals surface area contributed by atoms with E-state index in [1.54, 1.807) is 4.90 Å². The van der Waals surface area contributed by atoms with E-state index in [4.69, 9.17) is 4.74 Å². The first kappa shape index (κ1) is 34.0. The van der Waals surface area contributed by atoms with Crippen LogP contribution in [0.5, 0.6) is 11.5 Å². The van der Waals surface area contributed by atoms with Gasteiger partial charge in [-0.1, -0.05) is 106 Å². The third-order valence-electron chi connectivity index (χ3n) is 9.94. The largest absolute Gasteiger partial charge is 0.480 e. The van der Waals surface area contributed by atoms with Crippen molar-refractivity contribution in [2.75, 3.05) is 0 Å². The van der Waals surface area contributed by atoms with E-state index < -0.39 is 24.0 Å². The standard InChI is InChI=1S/C42H46N2O5/c1-42(2,3)34-18-21-35(22-19-34)49-36-20-17-32-27-44(39(45)24-28-9-7-8-10-28)38(26-33(32)25-36)40(46)43-37(41(47)48)23-29-13-15-31(16-14-29)30-11-5-4-6-12-30/h4-6,11-22,25,28,37-38H,7-10,23-24,26-27H2,1-3H3,(H,43,46)(H,47,48)/t37-,38?/m0/s1. The molecule has 1 unspecified atom stereocenters. The van der Waals surface area contributed by atoms with Crippen LogP contribution in [0.2, 0.25) is 0 Å². The minimum Gasteiger partial charge on any atom is -0.480 e. The summed E-state index contributed by atoms with van der Waals surface area (Å²) in [6.45, 7) is 6.80. The zero-order valence-corrected chi connectivity index (χ0v) is 28.7. The summed E-state index contributed by atoms with van der Waals surface area (Å²) in [7, 11) is 0. The number of carbonyl (C=O) groups excluding carboxylic acids is 2. The highest BCUT2D eigenvalue weighted by molar-refractivity contribution is 5.91. The molecule has 6 rings (SSSR count). The van der Waals surface area contributed by atoms with Gasteiger partial charge in [-0.2, -0.15) is 0 Å². The molecule has 1 fully saturated rings. The highest BCUT2D eigenvalue weighted by Crippen LogP contribution is 2.33. The lowest BCUT2D eigenvalue weighted by molar-refractivity contribution is -0.145. The van der Waals surface area contributed by atoms with Gasteiger partial charge in [0, 0.05) is 25.8 Å². The zero-order chi connectivity index (χ0) is 34.5. The summed E-state index contributed by atoms with van der Waals surface area (Å²) in [5, 5.41) is 13.0. The molecule has 1 aliphatic heterocycles. The molecular formula is C42H46N2O5. The van der Waals surface area contributed by atoms with Gasteiger partial charge in [-0.15, -0.1) is 0 Å². The van der Waals surface area contributed by atoms with Gasteiger partial charge < -0.3 is 20.1 Å². The number of fused-ring (bicyclic) bond motifs is 1. The quantitative estimate of drug-likeness (QED) is 0.180. The van der Waals surface area contributed by atoms with Crippen LogP contribution < -0.4 is 10.1 Å². The number of nitrogens with one attached hydrogen (secondary N) is 1. The fourth-order valence-corrected chi connectivity index (χ4v) is 7.02. The fourth-order valence-electron chi connectivity index (χ4n) is 7.02. The van der Waals surface area contributed by atoms with Gasteiger partial charge in [0.05, 0.1) is 0 Å². The molecule has 1 heterocycles. The van der Waals surface area contributed by atoms with Gasteiger partial charge in [-0.3, -0.25) is 9.59 Å². The fraction of sp³-hybridized carbons (Fsp3) is 0.357. The molecule has 1 saturated carbocycles. The van der Waals surface area contributed by atoms with Crippen molar-refractivity contribution in [2.24, 2.45) is 5.92 Å². The smallest absolute Gasteiger partial charge is 0.326 e. The van der Waals surface area contributed by atoms with Gasteiger partial charge >= 0.3 is 5.97 Å². The SMILES string of the molecule is CC(C)(C)c1ccc(Oc2ccc3c(c2)CC(C(=O)N[C@@H](Cc2ccc(-c4ccccc4)cc2)C(=O)O)N(C(=O)CC2CCCC2)C3)cc1. The van der Waals surface area contributed by atoms with E-state index in [2.05, 4.69) is 38.2 Å². The maximum Gasteiger partial charge on any atom is 0.326 e. The molecule has 4 aromatic rings. The predicted octanol–water partition coefficient (Wildman–Crippen LogP) is 8.09. The first-order chi connectivity index (χ1) is 23.5. The number of carboxylic acids is 1. The van der Waals surface area contributed by atoms with Crippen LogP contribution in [0.25, 0.3) is 11.1 Å². The summed E-state index contributed by atoms with van der Waals surface area (Å²) in [5.41, 5.74) is 6.03. The molecule has 49 heavy (non-hydrogen) atoms. The molecule has 254 valence electrons. The van der Waals surface area contributed by atoms with Crippen molar-refractivity contribution in [1.29, 1.82) is 0 Å². The van der Waals surface area contributed by atoms with E-state index >= 15 is 0 Å². The Morgan fingerprint density at radius 2 is 1.49 bits per heavy atom. The van der Waals surface area contributed by atoms with Gasteiger partial charge in [0.2, 0.25) is 11.8 Å². The number of hydrogen-bond donors (Lipinski definition) is 2. The van der Waals surface area contributed by atoms with Crippen LogP contribution in [-0.2, 0) is 39.2 Å². The molecule has 2 atom stereocenters. The van der Waals surface area contributed by atoms with Gasteiger partial charge in [-0.05, 0) is 81.8 Å². The molecule has 7 heteroatoms.